The van der Waals surface area contributed by atoms with E-state index in [9.17, 15) is 0 Å². The molecule has 0 aliphatic rings. The minimum Gasteiger partial charge on any atom is -0.330 e. The molecule has 0 aliphatic carbocycles. The fourth-order valence-electron chi connectivity index (χ4n) is 1.77. The van der Waals surface area contributed by atoms with Gasteiger partial charge in [0.05, 0.1) is 10.2 Å². The molecule has 0 amide bonds. The van der Waals surface area contributed by atoms with E-state index in [0.29, 0.717) is 0 Å². The van der Waals surface area contributed by atoms with E-state index in [1.54, 1.807) is 11.3 Å². The number of thiazole rings is 1. The van der Waals surface area contributed by atoms with Crippen LogP contribution in [0.15, 0.2) is 18.2 Å². The number of hydrogen-bond acceptors (Lipinski definition) is 5. The van der Waals surface area contributed by atoms with Crippen molar-refractivity contribution in [3.63, 3.8) is 0 Å². The van der Waals surface area contributed by atoms with E-state index in [4.69, 9.17) is 10.7 Å². The van der Waals surface area contributed by atoms with Crippen molar-refractivity contribution in [2.75, 3.05) is 26.4 Å². The van der Waals surface area contributed by atoms with Crippen LogP contribution in [0.3, 0.4) is 0 Å². The molecular weight excluding hydrogens is 342 g/mol. The van der Waals surface area contributed by atoms with Crippen LogP contribution in [0.1, 0.15) is 10.6 Å². The summed E-state index contributed by atoms with van der Waals surface area (Å²) in [4.78, 5) is 6.92. The standard InChI is InChI=1S/C13H19N3S2.BrH/c1-16(2)8-12-15-13-10(9-17-7-6-14)4-3-5-11(13)18-12;/h3-5H,6-9,14H2,1-2H3;1H. The van der Waals surface area contributed by atoms with Gasteiger partial charge in [0.25, 0.3) is 0 Å². The van der Waals surface area contributed by atoms with E-state index in [-0.39, 0.29) is 17.0 Å². The molecule has 2 rings (SSSR count). The van der Waals surface area contributed by atoms with Crippen LogP contribution in [0.5, 0.6) is 0 Å². The molecule has 0 unspecified atom stereocenters. The van der Waals surface area contributed by atoms with Crippen molar-refractivity contribution < 1.29 is 0 Å². The normalized spacial score (nSPS) is 10.9. The Morgan fingerprint density at radius 1 is 1.37 bits per heavy atom. The van der Waals surface area contributed by atoms with Crippen LogP contribution < -0.4 is 5.73 Å². The van der Waals surface area contributed by atoms with Gasteiger partial charge in [-0.15, -0.1) is 28.3 Å². The van der Waals surface area contributed by atoms with Gasteiger partial charge in [0, 0.05) is 24.6 Å². The van der Waals surface area contributed by atoms with Crippen molar-refractivity contribution in [1.29, 1.82) is 0 Å². The van der Waals surface area contributed by atoms with Crippen molar-refractivity contribution in [3.05, 3.63) is 28.8 Å². The second-order valence-corrected chi connectivity index (χ2v) is 6.67. The van der Waals surface area contributed by atoms with E-state index < -0.39 is 0 Å². The fourth-order valence-corrected chi connectivity index (χ4v) is 3.67. The summed E-state index contributed by atoms with van der Waals surface area (Å²) in [6, 6.07) is 6.45. The van der Waals surface area contributed by atoms with Gasteiger partial charge in [-0.1, -0.05) is 12.1 Å². The monoisotopic (exact) mass is 361 g/mol. The predicted molar refractivity (Wildman–Crippen MR) is 92.5 cm³/mol. The summed E-state index contributed by atoms with van der Waals surface area (Å²) in [7, 11) is 4.15. The summed E-state index contributed by atoms with van der Waals surface area (Å²) in [6.07, 6.45) is 0. The van der Waals surface area contributed by atoms with Crippen molar-refractivity contribution in [2.45, 2.75) is 12.3 Å². The SMILES string of the molecule is Br.CN(C)Cc1nc2c(CSCCN)cccc2s1. The molecule has 1 aromatic carbocycles. The predicted octanol–water partition coefficient (Wildman–Crippen LogP) is 3.13. The highest BCUT2D eigenvalue weighted by Gasteiger charge is 2.08. The highest BCUT2D eigenvalue weighted by Crippen LogP contribution is 2.27. The third kappa shape index (κ3) is 4.72. The number of nitrogens with two attached hydrogens (primary N) is 1. The largest absolute Gasteiger partial charge is 0.330 e. The molecular formula is C13H20BrN3S2. The average molecular weight is 362 g/mol. The molecule has 0 atom stereocenters. The summed E-state index contributed by atoms with van der Waals surface area (Å²) in [5.41, 5.74) is 8.02. The van der Waals surface area contributed by atoms with Crippen molar-refractivity contribution in [2.24, 2.45) is 5.73 Å². The number of nitrogens with zero attached hydrogens (tertiary/aromatic N) is 2. The lowest BCUT2D eigenvalue weighted by Gasteiger charge is -2.04. The van der Waals surface area contributed by atoms with Gasteiger partial charge < -0.3 is 10.6 Å². The Labute approximate surface area is 133 Å². The summed E-state index contributed by atoms with van der Waals surface area (Å²) in [5.74, 6) is 2.00. The minimum absolute atomic E-state index is 0. The minimum atomic E-state index is 0. The number of thioether (sulfide) groups is 1. The molecule has 0 radical (unpaired) electrons. The van der Waals surface area contributed by atoms with Crippen LogP contribution in [-0.2, 0) is 12.3 Å². The Bertz CT molecular complexity index is 514. The molecule has 0 aliphatic heterocycles. The zero-order chi connectivity index (χ0) is 13.0. The number of hydrogen-bond donors (Lipinski definition) is 1. The van der Waals surface area contributed by atoms with Gasteiger partial charge in [0.1, 0.15) is 5.01 Å². The van der Waals surface area contributed by atoms with Crippen molar-refractivity contribution >= 4 is 50.3 Å². The zero-order valence-corrected chi connectivity index (χ0v) is 14.6. The number of aromatic nitrogens is 1. The Morgan fingerprint density at radius 3 is 2.84 bits per heavy atom. The van der Waals surface area contributed by atoms with Crippen LogP contribution in [0, 0.1) is 0 Å². The number of fused-ring (bicyclic) bond motifs is 1. The quantitative estimate of drug-likeness (QED) is 0.802. The topological polar surface area (TPSA) is 42.2 Å². The summed E-state index contributed by atoms with van der Waals surface area (Å²) in [6.45, 7) is 1.65. The highest BCUT2D eigenvalue weighted by molar-refractivity contribution is 8.93. The van der Waals surface area contributed by atoms with Gasteiger partial charge in [-0.05, 0) is 25.7 Å². The molecule has 19 heavy (non-hydrogen) atoms. The first kappa shape index (κ1) is 16.9. The maximum Gasteiger partial charge on any atom is 0.108 e. The van der Waals surface area contributed by atoms with Gasteiger partial charge >= 0.3 is 0 Å². The van der Waals surface area contributed by atoms with Crippen LogP contribution in [0.2, 0.25) is 0 Å². The molecule has 0 saturated heterocycles. The number of halogens is 1. The lowest BCUT2D eigenvalue weighted by molar-refractivity contribution is 0.402. The first-order valence-corrected chi connectivity index (χ1v) is 7.97. The third-order valence-electron chi connectivity index (χ3n) is 2.52. The summed E-state index contributed by atoms with van der Waals surface area (Å²) < 4.78 is 1.29. The van der Waals surface area contributed by atoms with E-state index in [1.807, 2.05) is 11.8 Å². The molecule has 0 fully saturated rings. The average Bonchev–Trinajstić information content (AvgIpc) is 2.71. The van der Waals surface area contributed by atoms with E-state index in [1.165, 1.54) is 20.8 Å². The second kappa shape index (κ2) is 8.21. The van der Waals surface area contributed by atoms with Gasteiger partial charge in [-0.2, -0.15) is 11.8 Å². The van der Waals surface area contributed by atoms with Crippen molar-refractivity contribution in [3.8, 4) is 0 Å². The van der Waals surface area contributed by atoms with Gasteiger partial charge in [-0.25, -0.2) is 4.98 Å². The smallest absolute Gasteiger partial charge is 0.108 e. The molecule has 2 N–H and O–H groups in total. The Balaban J connectivity index is 0.00000180. The molecule has 2 aromatic rings. The number of rotatable bonds is 6. The maximum absolute atomic E-state index is 5.52. The molecule has 0 saturated carbocycles. The molecule has 106 valence electrons. The van der Waals surface area contributed by atoms with Crippen LogP contribution in [0.4, 0.5) is 0 Å². The van der Waals surface area contributed by atoms with Crippen molar-refractivity contribution in [1.82, 2.24) is 9.88 Å². The maximum atomic E-state index is 5.52. The molecule has 0 spiro atoms. The first-order valence-electron chi connectivity index (χ1n) is 6.00. The van der Waals surface area contributed by atoms with E-state index in [2.05, 4.69) is 37.2 Å². The summed E-state index contributed by atoms with van der Waals surface area (Å²) >= 11 is 3.67. The lowest BCUT2D eigenvalue weighted by Crippen LogP contribution is -2.10. The molecule has 1 aromatic heterocycles. The van der Waals surface area contributed by atoms with Crippen LogP contribution >= 0.6 is 40.1 Å². The molecule has 0 bridgehead atoms. The number of benzene rings is 1. The highest BCUT2D eigenvalue weighted by atomic mass is 79.9. The fraction of sp³-hybridized carbons (Fsp3) is 0.462. The summed E-state index contributed by atoms with van der Waals surface area (Å²) in [5, 5.41) is 1.19. The second-order valence-electron chi connectivity index (χ2n) is 4.45. The molecule has 1 heterocycles. The Hall–Kier alpha value is -0.140. The van der Waals surface area contributed by atoms with Gasteiger partial charge in [-0.3, -0.25) is 0 Å². The first-order chi connectivity index (χ1) is 8.70. The third-order valence-corrected chi connectivity index (χ3v) is 4.56. The van der Waals surface area contributed by atoms with E-state index >= 15 is 0 Å². The number of para-hydroxylation sites is 1. The molecule has 3 nitrogen and oxygen atoms in total. The Kier molecular flexibility index (Phi) is 7.31. The van der Waals surface area contributed by atoms with E-state index in [0.717, 1.165) is 24.6 Å². The van der Waals surface area contributed by atoms with Gasteiger partial charge in [0.2, 0.25) is 0 Å². The zero-order valence-electron chi connectivity index (χ0n) is 11.3. The molecule has 6 heteroatoms. The lowest BCUT2D eigenvalue weighted by atomic mass is 10.2. The Morgan fingerprint density at radius 2 is 2.16 bits per heavy atom. The van der Waals surface area contributed by atoms with Crippen LogP contribution in [0.25, 0.3) is 10.2 Å². The van der Waals surface area contributed by atoms with Crippen LogP contribution in [-0.4, -0.2) is 36.3 Å². The van der Waals surface area contributed by atoms with Gasteiger partial charge in [0.15, 0.2) is 0 Å².